The second-order valence-corrected chi connectivity index (χ2v) is 11.6. The number of rotatable bonds is 7. The monoisotopic (exact) mass is 523 g/mol. The van der Waals surface area contributed by atoms with Crippen LogP contribution in [0.15, 0.2) is 77.8 Å². The number of H-pyrrole nitrogens is 1. The van der Waals surface area contributed by atoms with Crippen molar-refractivity contribution in [1.82, 2.24) is 14.6 Å². The highest BCUT2D eigenvalue weighted by molar-refractivity contribution is 7.89. The average molecular weight is 524 g/mol. The molecule has 1 fully saturated rings. The number of carboxylic acid groups (broad SMARTS) is 1. The summed E-state index contributed by atoms with van der Waals surface area (Å²) in [5, 5.41) is 14.6. The van der Waals surface area contributed by atoms with E-state index in [9.17, 15) is 23.1 Å². The van der Waals surface area contributed by atoms with Gasteiger partial charge in [0.2, 0.25) is 15.9 Å². The van der Waals surface area contributed by atoms with E-state index in [1.165, 1.54) is 6.07 Å². The zero-order valence-corrected chi connectivity index (χ0v) is 20.9. The van der Waals surface area contributed by atoms with Crippen LogP contribution in [0.4, 0.5) is 0 Å². The molecule has 36 heavy (non-hydrogen) atoms. The molecular formula is C26H25N3O5S2. The lowest BCUT2D eigenvalue weighted by Crippen LogP contribution is -2.51. The van der Waals surface area contributed by atoms with Crippen LogP contribution in [0, 0.1) is 0 Å². The summed E-state index contributed by atoms with van der Waals surface area (Å²) in [6.07, 6.45) is 1.96. The maximum Gasteiger partial charge on any atom is 0.326 e. The quantitative estimate of drug-likeness (QED) is 0.278. The molecule has 2 heterocycles. The number of hydrogen-bond acceptors (Lipinski definition) is 5. The van der Waals surface area contributed by atoms with E-state index in [0.717, 1.165) is 31.5 Å². The molecule has 186 valence electrons. The Bertz CT molecular complexity index is 1570. The van der Waals surface area contributed by atoms with Gasteiger partial charge in [-0.2, -0.15) is 16.9 Å². The molecule has 10 heteroatoms. The Kier molecular flexibility index (Phi) is 6.50. The molecule has 3 aromatic carbocycles. The lowest BCUT2D eigenvalue weighted by Gasteiger charge is -2.25. The fourth-order valence-electron chi connectivity index (χ4n) is 4.74. The standard InChI is InChI=1S/C26H25N3O5S2/c30-25(28-23(26(31)32)12-18-14-27-22-8-4-3-7-21(18)22)24-13-19(35)15-29(24)36(33,34)20-10-9-16-5-1-2-6-17(16)11-20/h1-11,14,19,23-24,27,35H,12-13,15H2,(H,28,30)(H,31,32)/t19-,23?,24-/m0/s1. The SMILES string of the molecule is O=C(O)C(Cc1c[nH]c2ccccc12)NC(=O)[C@@H]1C[C@H](S)CN1S(=O)(=O)c1ccc2ccccc2c1. The molecule has 1 unspecified atom stereocenters. The van der Waals surface area contributed by atoms with E-state index in [1.54, 1.807) is 18.3 Å². The van der Waals surface area contributed by atoms with Crippen molar-refractivity contribution in [2.24, 2.45) is 0 Å². The maximum absolute atomic E-state index is 13.6. The fourth-order valence-corrected chi connectivity index (χ4v) is 6.91. The molecular weight excluding hydrogens is 498 g/mol. The number of carboxylic acids is 1. The van der Waals surface area contributed by atoms with Crippen LogP contribution in [-0.4, -0.2) is 58.6 Å². The summed E-state index contributed by atoms with van der Waals surface area (Å²) in [5.41, 5.74) is 1.61. The Morgan fingerprint density at radius 3 is 2.58 bits per heavy atom. The number of sulfonamides is 1. The number of carbonyl (C=O) groups excluding carboxylic acids is 1. The summed E-state index contributed by atoms with van der Waals surface area (Å²) in [6.45, 7) is 0.0521. The van der Waals surface area contributed by atoms with Gasteiger partial charge in [-0.1, -0.05) is 48.5 Å². The van der Waals surface area contributed by atoms with E-state index < -0.39 is 34.0 Å². The van der Waals surface area contributed by atoms with Gasteiger partial charge < -0.3 is 15.4 Å². The molecule has 0 bridgehead atoms. The molecule has 1 amide bonds. The van der Waals surface area contributed by atoms with Crippen molar-refractivity contribution in [3.05, 3.63) is 78.5 Å². The van der Waals surface area contributed by atoms with E-state index in [0.29, 0.717) is 0 Å². The van der Waals surface area contributed by atoms with Crippen molar-refractivity contribution < 1.29 is 23.1 Å². The number of amides is 1. The summed E-state index contributed by atoms with van der Waals surface area (Å²) >= 11 is 4.45. The number of nitrogens with one attached hydrogen (secondary N) is 2. The van der Waals surface area contributed by atoms with Crippen molar-refractivity contribution in [3.63, 3.8) is 0 Å². The van der Waals surface area contributed by atoms with Crippen molar-refractivity contribution in [2.75, 3.05) is 6.54 Å². The Hall–Kier alpha value is -3.34. The third-order valence-corrected chi connectivity index (χ3v) is 8.82. The van der Waals surface area contributed by atoms with Gasteiger partial charge in [-0.05, 0) is 41.0 Å². The van der Waals surface area contributed by atoms with Crippen LogP contribution in [0.3, 0.4) is 0 Å². The molecule has 1 saturated heterocycles. The van der Waals surface area contributed by atoms with Gasteiger partial charge in [0.1, 0.15) is 12.1 Å². The van der Waals surface area contributed by atoms with Crippen LogP contribution in [0.2, 0.25) is 0 Å². The molecule has 4 aromatic rings. The first-order chi connectivity index (χ1) is 17.2. The Morgan fingerprint density at radius 1 is 1.08 bits per heavy atom. The summed E-state index contributed by atoms with van der Waals surface area (Å²) in [6, 6.07) is 17.5. The highest BCUT2D eigenvalue weighted by Crippen LogP contribution is 2.30. The Morgan fingerprint density at radius 2 is 1.81 bits per heavy atom. The van der Waals surface area contributed by atoms with Gasteiger partial charge in [-0.3, -0.25) is 4.79 Å². The molecule has 0 aliphatic carbocycles. The number of nitrogens with zero attached hydrogens (tertiary/aromatic N) is 1. The predicted molar refractivity (Wildman–Crippen MR) is 141 cm³/mol. The van der Waals surface area contributed by atoms with Gasteiger partial charge >= 0.3 is 5.97 Å². The first-order valence-electron chi connectivity index (χ1n) is 11.5. The van der Waals surface area contributed by atoms with Gasteiger partial charge in [-0.15, -0.1) is 0 Å². The van der Waals surface area contributed by atoms with Crippen molar-refractivity contribution in [3.8, 4) is 0 Å². The summed E-state index contributed by atoms with van der Waals surface area (Å²) in [7, 11) is -4.02. The third-order valence-electron chi connectivity index (χ3n) is 6.58. The smallest absolute Gasteiger partial charge is 0.326 e. The van der Waals surface area contributed by atoms with Gasteiger partial charge in [0, 0.05) is 35.3 Å². The minimum atomic E-state index is -4.02. The summed E-state index contributed by atoms with van der Waals surface area (Å²) < 4.78 is 28.2. The van der Waals surface area contributed by atoms with Crippen LogP contribution in [-0.2, 0) is 26.0 Å². The van der Waals surface area contributed by atoms with Gasteiger partial charge in [0.15, 0.2) is 0 Å². The predicted octanol–water partition coefficient (Wildman–Crippen LogP) is 3.19. The number of hydrogen-bond donors (Lipinski definition) is 4. The number of carbonyl (C=O) groups is 2. The molecule has 0 spiro atoms. The van der Waals surface area contributed by atoms with Crippen molar-refractivity contribution in [2.45, 2.75) is 35.1 Å². The van der Waals surface area contributed by atoms with Crippen LogP contribution < -0.4 is 5.32 Å². The molecule has 1 aromatic heterocycles. The first-order valence-corrected chi connectivity index (χ1v) is 13.5. The number of thiol groups is 1. The van der Waals surface area contributed by atoms with Crippen LogP contribution >= 0.6 is 12.6 Å². The molecule has 8 nitrogen and oxygen atoms in total. The van der Waals surface area contributed by atoms with Crippen LogP contribution in [0.25, 0.3) is 21.7 Å². The molecule has 5 rings (SSSR count). The molecule has 1 aliphatic rings. The van der Waals surface area contributed by atoms with Crippen LogP contribution in [0.1, 0.15) is 12.0 Å². The van der Waals surface area contributed by atoms with E-state index >= 15 is 0 Å². The van der Waals surface area contributed by atoms with Crippen molar-refractivity contribution >= 4 is 56.2 Å². The molecule has 0 radical (unpaired) electrons. The lowest BCUT2D eigenvalue weighted by molar-refractivity contribution is -0.142. The molecule has 1 aliphatic heterocycles. The Balaban J connectivity index is 1.39. The molecule has 3 N–H and O–H groups in total. The second kappa shape index (κ2) is 9.61. The highest BCUT2D eigenvalue weighted by Gasteiger charge is 2.43. The topological polar surface area (TPSA) is 120 Å². The minimum absolute atomic E-state index is 0.0521. The Labute approximate surface area is 213 Å². The maximum atomic E-state index is 13.6. The van der Waals surface area contributed by atoms with Crippen molar-refractivity contribution in [1.29, 1.82) is 0 Å². The second-order valence-electron chi connectivity index (χ2n) is 8.95. The number of para-hydroxylation sites is 1. The number of aromatic amines is 1. The number of aromatic nitrogens is 1. The summed E-state index contributed by atoms with van der Waals surface area (Å²) in [5.74, 6) is -1.85. The highest BCUT2D eigenvalue weighted by atomic mass is 32.2. The number of benzene rings is 3. The fraction of sp³-hybridized carbons (Fsp3) is 0.231. The molecule has 3 atom stereocenters. The van der Waals surface area contributed by atoms with Gasteiger partial charge in [-0.25, -0.2) is 13.2 Å². The number of aliphatic carboxylic acids is 1. The van der Waals surface area contributed by atoms with E-state index in [1.807, 2.05) is 48.5 Å². The summed E-state index contributed by atoms with van der Waals surface area (Å²) in [4.78, 5) is 28.5. The minimum Gasteiger partial charge on any atom is -0.480 e. The van der Waals surface area contributed by atoms with E-state index in [4.69, 9.17) is 0 Å². The van der Waals surface area contributed by atoms with Gasteiger partial charge in [0.25, 0.3) is 0 Å². The average Bonchev–Trinajstić information content (AvgIpc) is 3.47. The van der Waals surface area contributed by atoms with E-state index in [2.05, 4.69) is 22.9 Å². The number of fused-ring (bicyclic) bond motifs is 2. The lowest BCUT2D eigenvalue weighted by atomic mass is 10.0. The first kappa shape index (κ1) is 24.4. The zero-order chi connectivity index (χ0) is 25.4. The van der Waals surface area contributed by atoms with Crippen LogP contribution in [0.5, 0.6) is 0 Å². The normalized spacial score (nSPS) is 19.5. The largest absolute Gasteiger partial charge is 0.480 e. The van der Waals surface area contributed by atoms with Gasteiger partial charge in [0.05, 0.1) is 4.90 Å². The van der Waals surface area contributed by atoms with E-state index in [-0.39, 0.29) is 29.5 Å². The zero-order valence-electron chi connectivity index (χ0n) is 19.2. The third kappa shape index (κ3) is 4.59. The molecule has 0 saturated carbocycles.